The lowest BCUT2D eigenvalue weighted by Gasteiger charge is -1.96. The Labute approximate surface area is 73.0 Å². The van der Waals surface area contributed by atoms with Crippen LogP contribution in [0.2, 0.25) is 0 Å². The van der Waals surface area contributed by atoms with Crippen LogP contribution in [-0.2, 0) is 0 Å². The molecule has 0 aromatic heterocycles. The molecule has 0 rings (SSSR count). The van der Waals surface area contributed by atoms with Crippen molar-refractivity contribution in [3.63, 3.8) is 0 Å². The van der Waals surface area contributed by atoms with Crippen LogP contribution < -0.4 is 0 Å². The first-order valence-corrected chi connectivity index (χ1v) is 3.93. The number of halogens is 1. The topological polar surface area (TPSA) is 23.8 Å². The number of nitrogens with zero attached hydrogens (tertiary/aromatic N) is 1. The molecule has 0 amide bonds. The van der Waals surface area contributed by atoms with E-state index < -0.39 is 0 Å². The molecule has 0 aliphatic heterocycles. The van der Waals surface area contributed by atoms with Crippen molar-refractivity contribution in [2.75, 3.05) is 0 Å². The molecule has 0 fully saturated rings. The van der Waals surface area contributed by atoms with E-state index in [2.05, 4.69) is 0 Å². The second kappa shape index (κ2) is 4.98. The highest BCUT2D eigenvalue weighted by Crippen LogP contribution is 2.14. The molecular weight excluding hydrogens is 158 g/mol. The molecule has 0 unspecified atom stereocenters. The maximum Gasteiger partial charge on any atom is 0.0944 e. The second-order valence-electron chi connectivity index (χ2n) is 2.38. The Bertz CT molecular complexity index is 230. The van der Waals surface area contributed by atoms with Crippen LogP contribution in [0, 0.1) is 11.3 Å². The molecule has 0 aromatic carbocycles. The van der Waals surface area contributed by atoms with Crippen molar-refractivity contribution in [3.8, 4) is 6.07 Å². The van der Waals surface area contributed by atoms with Crippen LogP contribution in [0.5, 0.6) is 0 Å². The summed E-state index contributed by atoms with van der Waals surface area (Å²) in [5.74, 6) is 0. The van der Waals surface area contributed by atoms with Gasteiger partial charge in [-0.3, -0.25) is 0 Å². The summed E-state index contributed by atoms with van der Waals surface area (Å²) in [7, 11) is 0. The zero-order valence-electron chi connectivity index (χ0n) is 7.11. The first kappa shape index (κ1) is 10.3. The van der Waals surface area contributed by atoms with Crippen molar-refractivity contribution in [1.29, 1.82) is 5.26 Å². The van der Waals surface area contributed by atoms with Gasteiger partial charge in [0.25, 0.3) is 0 Å². The molecule has 2 heteroatoms. The molecule has 0 heterocycles. The van der Waals surface area contributed by atoms with E-state index >= 15 is 0 Å². The van der Waals surface area contributed by atoms with Gasteiger partial charge in [-0.25, -0.2) is 0 Å². The lowest BCUT2D eigenvalue weighted by Crippen LogP contribution is -1.77. The van der Waals surface area contributed by atoms with Crippen molar-refractivity contribution in [3.05, 3.63) is 22.3 Å². The fourth-order valence-corrected chi connectivity index (χ4v) is 0.769. The third-order valence-electron chi connectivity index (χ3n) is 1.35. The third kappa shape index (κ3) is 3.85. The fourth-order valence-electron chi connectivity index (χ4n) is 0.714. The number of hydrogen-bond acceptors (Lipinski definition) is 1. The molecule has 11 heavy (non-hydrogen) atoms. The highest BCUT2D eigenvalue weighted by Gasteiger charge is 1.93. The first-order chi connectivity index (χ1) is 5.11. The minimum absolute atomic E-state index is 0.689. The van der Waals surface area contributed by atoms with Gasteiger partial charge >= 0.3 is 0 Å². The molecule has 0 saturated carbocycles. The van der Waals surface area contributed by atoms with E-state index in [-0.39, 0.29) is 0 Å². The molecular formula is C9H12ClN. The highest BCUT2D eigenvalue weighted by molar-refractivity contribution is 6.30. The fraction of sp³-hybridized carbons (Fsp3) is 0.444. The zero-order chi connectivity index (χ0) is 8.85. The van der Waals surface area contributed by atoms with Crippen LogP contribution in [-0.4, -0.2) is 0 Å². The Morgan fingerprint density at radius 3 is 2.45 bits per heavy atom. The van der Waals surface area contributed by atoms with Crippen molar-refractivity contribution >= 4 is 11.6 Å². The van der Waals surface area contributed by atoms with E-state index in [0.717, 1.165) is 17.0 Å². The summed E-state index contributed by atoms with van der Waals surface area (Å²) >= 11 is 5.84. The average molecular weight is 170 g/mol. The van der Waals surface area contributed by atoms with Gasteiger partial charge in [0.05, 0.1) is 6.07 Å². The van der Waals surface area contributed by atoms with E-state index in [4.69, 9.17) is 16.9 Å². The van der Waals surface area contributed by atoms with E-state index in [1.807, 2.05) is 19.9 Å². The maximum absolute atomic E-state index is 8.45. The summed E-state index contributed by atoms with van der Waals surface area (Å²) in [5, 5.41) is 9.27. The Morgan fingerprint density at radius 2 is 2.09 bits per heavy atom. The zero-order valence-corrected chi connectivity index (χ0v) is 7.87. The molecule has 0 spiro atoms. The summed E-state index contributed by atoms with van der Waals surface area (Å²) in [6.07, 6.45) is 2.62. The molecule has 1 nitrogen and oxygen atoms in total. The maximum atomic E-state index is 8.45. The molecule has 60 valence electrons. The number of nitriles is 1. The van der Waals surface area contributed by atoms with Gasteiger partial charge in [-0.2, -0.15) is 5.26 Å². The van der Waals surface area contributed by atoms with Crippen LogP contribution in [0.1, 0.15) is 27.2 Å². The van der Waals surface area contributed by atoms with Crippen LogP contribution in [0.3, 0.4) is 0 Å². The van der Waals surface area contributed by atoms with Crippen LogP contribution in [0.4, 0.5) is 0 Å². The minimum Gasteiger partial charge on any atom is -0.193 e. The quantitative estimate of drug-likeness (QED) is 0.459. The molecule has 0 bridgehead atoms. The molecule has 0 N–H and O–H groups in total. The minimum atomic E-state index is 0.689. The third-order valence-corrected chi connectivity index (χ3v) is 1.91. The number of allylic oxidation sites excluding steroid dienone is 4. The summed E-state index contributed by atoms with van der Waals surface area (Å²) in [5.41, 5.74) is 1.67. The highest BCUT2D eigenvalue weighted by atomic mass is 35.5. The van der Waals surface area contributed by atoms with Crippen LogP contribution >= 0.6 is 11.6 Å². The number of hydrogen-bond donors (Lipinski definition) is 0. The van der Waals surface area contributed by atoms with Crippen LogP contribution in [0.15, 0.2) is 22.3 Å². The van der Waals surface area contributed by atoms with Gasteiger partial charge in [-0.15, -0.1) is 0 Å². The summed E-state index contributed by atoms with van der Waals surface area (Å²) in [4.78, 5) is 0. The molecule has 0 aliphatic rings. The molecule has 0 aliphatic carbocycles. The van der Waals surface area contributed by atoms with Crippen molar-refractivity contribution in [2.45, 2.75) is 27.2 Å². The van der Waals surface area contributed by atoms with Gasteiger partial charge in [0.15, 0.2) is 0 Å². The Kier molecular flexibility index (Phi) is 4.65. The van der Waals surface area contributed by atoms with E-state index in [1.54, 1.807) is 13.0 Å². The largest absolute Gasteiger partial charge is 0.193 e. The van der Waals surface area contributed by atoms with Gasteiger partial charge < -0.3 is 0 Å². The van der Waals surface area contributed by atoms with Gasteiger partial charge in [0.1, 0.15) is 0 Å². The monoisotopic (exact) mass is 169 g/mol. The smallest absolute Gasteiger partial charge is 0.0944 e. The summed E-state index contributed by atoms with van der Waals surface area (Å²) in [6, 6.07) is 2.04. The Balaban J connectivity index is 4.54. The van der Waals surface area contributed by atoms with Gasteiger partial charge in [0.2, 0.25) is 0 Å². The summed E-state index contributed by atoms with van der Waals surface area (Å²) < 4.78 is 0. The standard InChI is InChI=1S/C9H12ClN/c1-4-9(10)8(3)5-7(2)6-11/h5H,4H2,1-3H3/b7-5+,9-8+. The number of rotatable bonds is 2. The Hall–Kier alpha value is -0.740. The predicted molar refractivity (Wildman–Crippen MR) is 48.2 cm³/mol. The molecule has 0 saturated heterocycles. The molecule has 0 atom stereocenters. The van der Waals surface area contributed by atoms with Gasteiger partial charge in [-0.1, -0.05) is 18.5 Å². The van der Waals surface area contributed by atoms with E-state index in [0.29, 0.717) is 5.57 Å². The van der Waals surface area contributed by atoms with Gasteiger partial charge in [0, 0.05) is 10.6 Å². The normalized spacial score (nSPS) is 13.9. The van der Waals surface area contributed by atoms with E-state index in [9.17, 15) is 0 Å². The average Bonchev–Trinajstić information content (AvgIpc) is 2.02. The predicted octanol–water partition coefficient (Wildman–Crippen LogP) is 3.38. The second-order valence-corrected chi connectivity index (χ2v) is 2.84. The lowest BCUT2D eigenvalue weighted by molar-refractivity contribution is 1.16. The molecule has 0 aromatic rings. The first-order valence-electron chi connectivity index (χ1n) is 3.55. The molecule has 0 radical (unpaired) electrons. The lowest BCUT2D eigenvalue weighted by atomic mass is 10.2. The van der Waals surface area contributed by atoms with Gasteiger partial charge in [-0.05, 0) is 31.9 Å². The Morgan fingerprint density at radius 1 is 1.55 bits per heavy atom. The van der Waals surface area contributed by atoms with Crippen molar-refractivity contribution in [2.24, 2.45) is 0 Å². The van der Waals surface area contributed by atoms with Crippen molar-refractivity contribution in [1.82, 2.24) is 0 Å². The van der Waals surface area contributed by atoms with E-state index in [1.165, 1.54) is 0 Å². The SMILES string of the molecule is CC/C(Cl)=C(C)\C=C(/C)C#N. The summed E-state index contributed by atoms with van der Waals surface area (Å²) in [6.45, 7) is 5.66. The van der Waals surface area contributed by atoms with Crippen molar-refractivity contribution < 1.29 is 0 Å². The van der Waals surface area contributed by atoms with Crippen LogP contribution in [0.25, 0.3) is 0 Å².